The Labute approximate surface area is 583 Å². The van der Waals surface area contributed by atoms with Crippen LogP contribution in [0.15, 0.2) is 328 Å². The summed E-state index contributed by atoms with van der Waals surface area (Å²) in [5, 5.41) is 2.55. The molecule has 0 radical (unpaired) electrons. The van der Waals surface area contributed by atoms with Crippen LogP contribution in [0.25, 0.3) is 94.2 Å². The van der Waals surface area contributed by atoms with E-state index >= 15 is 0 Å². The van der Waals surface area contributed by atoms with Gasteiger partial charge in [0.1, 0.15) is 11.0 Å². The van der Waals surface area contributed by atoms with Crippen molar-refractivity contribution in [2.75, 3.05) is 4.90 Å². The molecule has 2 heterocycles. The maximum Gasteiger partial charge on any atom is 0.129 e. The monoisotopic (exact) mass is 1290 g/mol. The summed E-state index contributed by atoms with van der Waals surface area (Å²) in [5.74, 6) is 0. The van der Waals surface area contributed by atoms with Gasteiger partial charge in [-0.2, -0.15) is 8.75 Å². The standard InChI is InChI=1S/C94H72N4S/c1-91(2,3)70-43-54-86-80(59-70)81-60-71(92(4,5)6)44-55-87(81)98(86)74-49-39-63(40-50-74)75-53-56-88(90-89(75)95-99-96-90)97(72-45-35-61(36-46-72)64-41-51-78-76-31-19-21-33-82(76)93(84(78)57-64,66-23-11-7-12-24-66)67-25-13-8-14-26-67)73-47-37-62(38-48-73)65-42-52-79-77-32-20-22-34-83(77)94(85(79)58-65,68-27-15-9-16-28-68)69-29-17-10-18-30-69/h7-60H,1-6H3. The van der Waals surface area contributed by atoms with Gasteiger partial charge in [0.25, 0.3) is 0 Å². The number of anilines is 3. The Morgan fingerprint density at radius 3 is 1.09 bits per heavy atom. The average molecular weight is 1290 g/mol. The third-order valence-corrected chi connectivity index (χ3v) is 21.9. The molecule has 99 heavy (non-hydrogen) atoms. The molecule has 2 aromatic heterocycles. The number of rotatable bonds is 11. The van der Waals surface area contributed by atoms with Crippen molar-refractivity contribution in [2.45, 2.75) is 63.2 Å². The van der Waals surface area contributed by atoms with Crippen LogP contribution in [0, 0.1) is 0 Å². The Hall–Kier alpha value is -11.5. The van der Waals surface area contributed by atoms with Crippen molar-refractivity contribution in [3.8, 4) is 61.3 Å². The molecule has 14 aromatic carbocycles. The molecule has 0 saturated heterocycles. The third-order valence-electron chi connectivity index (χ3n) is 21.4. The summed E-state index contributed by atoms with van der Waals surface area (Å²) >= 11 is 1.27. The van der Waals surface area contributed by atoms with Crippen molar-refractivity contribution in [1.29, 1.82) is 0 Å². The lowest BCUT2D eigenvalue weighted by atomic mass is 9.67. The minimum Gasteiger partial charge on any atom is -0.309 e. The Balaban J connectivity index is 0.756. The van der Waals surface area contributed by atoms with E-state index in [1.807, 2.05) is 0 Å². The van der Waals surface area contributed by atoms with E-state index in [0.717, 1.165) is 67.2 Å². The van der Waals surface area contributed by atoms with Crippen LogP contribution in [-0.2, 0) is 21.7 Å². The molecule has 474 valence electrons. The van der Waals surface area contributed by atoms with Crippen LogP contribution in [0.5, 0.6) is 0 Å². The Bertz CT molecular complexity index is 5400. The smallest absolute Gasteiger partial charge is 0.129 e. The van der Waals surface area contributed by atoms with Crippen molar-refractivity contribution in [2.24, 2.45) is 0 Å². The summed E-state index contributed by atoms with van der Waals surface area (Å²) in [5.41, 5.74) is 31.8. The summed E-state index contributed by atoms with van der Waals surface area (Å²) in [6.07, 6.45) is 0. The number of aromatic nitrogens is 3. The quantitative estimate of drug-likeness (QED) is 0.129. The van der Waals surface area contributed by atoms with Gasteiger partial charge >= 0.3 is 0 Å². The molecule has 0 atom stereocenters. The van der Waals surface area contributed by atoms with Gasteiger partial charge in [-0.15, -0.1) is 0 Å². The Morgan fingerprint density at radius 1 is 0.303 bits per heavy atom. The summed E-state index contributed by atoms with van der Waals surface area (Å²) in [6, 6.07) is 122. The lowest BCUT2D eigenvalue weighted by molar-refractivity contribution is 0.590. The molecule has 0 N–H and O–H groups in total. The first-order valence-electron chi connectivity index (χ1n) is 34.5. The maximum absolute atomic E-state index is 5.19. The lowest BCUT2D eigenvalue weighted by Gasteiger charge is -2.34. The zero-order valence-corrected chi connectivity index (χ0v) is 57.2. The van der Waals surface area contributed by atoms with Gasteiger partial charge in [0, 0.05) is 33.4 Å². The number of hydrogen-bond donors (Lipinski definition) is 0. The number of benzene rings is 14. The van der Waals surface area contributed by atoms with Crippen LogP contribution < -0.4 is 4.90 Å². The van der Waals surface area contributed by atoms with E-state index in [2.05, 4.69) is 379 Å². The molecule has 0 saturated carbocycles. The average Bonchev–Trinajstić information content (AvgIpc) is 1.56. The molecular formula is C94H72N4S. The summed E-state index contributed by atoms with van der Waals surface area (Å²) in [4.78, 5) is 2.37. The highest BCUT2D eigenvalue weighted by Gasteiger charge is 2.48. The molecule has 0 amide bonds. The highest BCUT2D eigenvalue weighted by molar-refractivity contribution is 7.00. The van der Waals surface area contributed by atoms with Crippen LogP contribution in [0.2, 0.25) is 0 Å². The molecular weight excluding hydrogens is 1220 g/mol. The van der Waals surface area contributed by atoms with Crippen LogP contribution in [0.4, 0.5) is 17.1 Å². The van der Waals surface area contributed by atoms with E-state index < -0.39 is 10.8 Å². The molecule has 18 rings (SSSR count). The molecule has 2 aliphatic rings. The van der Waals surface area contributed by atoms with Crippen molar-refractivity contribution in [3.05, 3.63) is 383 Å². The zero-order valence-electron chi connectivity index (χ0n) is 56.4. The summed E-state index contributed by atoms with van der Waals surface area (Å²) in [7, 11) is 0. The van der Waals surface area contributed by atoms with Crippen molar-refractivity contribution in [1.82, 2.24) is 13.3 Å². The highest BCUT2D eigenvalue weighted by Crippen LogP contribution is 2.59. The first-order chi connectivity index (χ1) is 48.3. The van der Waals surface area contributed by atoms with Gasteiger partial charge < -0.3 is 9.47 Å². The van der Waals surface area contributed by atoms with Gasteiger partial charge in [0.05, 0.1) is 39.3 Å². The second kappa shape index (κ2) is 23.1. The van der Waals surface area contributed by atoms with Crippen LogP contribution >= 0.6 is 11.7 Å². The number of hydrogen-bond acceptors (Lipinski definition) is 4. The fraction of sp³-hybridized carbons (Fsp3) is 0.106. The van der Waals surface area contributed by atoms with E-state index in [1.165, 1.54) is 111 Å². The van der Waals surface area contributed by atoms with E-state index in [-0.39, 0.29) is 10.8 Å². The number of fused-ring (bicyclic) bond motifs is 10. The van der Waals surface area contributed by atoms with Crippen molar-refractivity contribution < 1.29 is 0 Å². The molecule has 0 unspecified atom stereocenters. The molecule has 0 aliphatic heterocycles. The zero-order chi connectivity index (χ0) is 66.8. The van der Waals surface area contributed by atoms with E-state index in [9.17, 15) is 0 Å². The largest absolute Gasteiger partial charge is 0.309 e. The maximum atomic E-state index is 5.19. The fourth-order valence-corrected chi connectivity index (χ4v) is 17.1. The fourth-order valence-electron chi connectivity index (χ4n) is 16.6. The molecule has 4 nitrogen and oxygen atoms in total. The minimum absolute atomic E-state index is 0.0150. The van der Waals surface area contributed by atoms with Gasteiger partial charge in [0.2, 0.25) is 0 Å². The van der Waals surface area contributed by atoms with Gasteiger partial charge in [-0.3, -0.25) is 0 Å². The van der Waals surface area contributed by atoms with Crippen molar-refractivity contribution >= 4 is 61.6 Å². The molecule has 5 heteroatoms. The topological polar surface area (TPSA) is 34.0 Å². The van der Waals surface area contributed by atoms with E-state index in [4.69, 9.17) is 8.75 Å². The van der Waals surface area contributed by atoms with Crippen LogP contribution in [0.1, 0.15) is 97.2 Å². The second-order valence-corrected chi connectivity index (χ2v) is 29.5. The highest BCUT2D eigenvalue weighted by atomic mass is 32.1. The van der Waals surface area contributed by atoms with Crippen molar-refractivity contribution in [3.63, 3.8) is 0 Å². The SMILES string of the molecule is CC(C)(C)c1ccc2c(c1)c1cc(C(C)(C)C)ccc1n2-c1ccc(-c2ccc(N(c3ccc(-c4ccc5c(c4)C(c4ccccc4)(c4ccccc4)c4ccccc4-5)cc3)c3ccc(-c4ccc5c(c4)C(c4ccccc4)(c4ccccc4)c4ccccc4-5)cc3)c3nsnc23)cc1. The third kappa shape index (κ3) is 9.46. The van der Waals surface area contributed by atoms with Gasteiger partial charge in [-0.1, -0.05) is 284 Å². The van der Waals surface area contributed by atoms with E-state index in [1.54, 1.807) is 0 Å². The Kier molecular flexibility index (Phi) is 14.0. The molecule has 0 fully saturated rings. The predicted molar refractivity (Wildman–Crippen MR) is 415 cm³/mol. The summed E-state index contributed by atoms with van der Waals surface area (Å²) < 4.78 is 12.8. The molecule has 2 aliphatic carbocycles. The molecule has 0 bridgehead atoms. The second-order valence-electron chi connectivity index (χ2n) is 28.9. The Morgan fingerprint density at radius 2 is 0.667 bits per heavy atom. The molecule has 16 aromatic rings. The van der Waals surface area contributed by atoms with Gasteiger partial charge in [0.15, 0.2) is 0 Å². The first-order valence-corrected chi connectivity index (χ1v) is 35.3. The van der Waals surface area contributed by atoms with Crippen LogP contribution in [0.3, 0.4) is 0 Å². The van der Waals surface area contributed by atoms with Crippen LogP contribution in [-0.4, -0.2) is 13.3 Å². The lowest BCUT2D eigenvalue weighted by Crippen LogP contribution is -2.28. The van der Waals surface area contributed by atoms with Gasteiger partial charge in [-0.25, -0.2) is 0 Å². The van der Waals surface area contributed by atoms with E-state index in [0.29, 0.717) is 0 Å². The minimum atomic E-state index is -0.508. The van der Waals surface area contributed by atoms with Gasteiger partial charge in [-0.05, 0) is 201 Å². The number of nitrogens with zero attached hydrogens (tertiary/aromatic N) is 4. The predicted octanol–water partition coefficient (Wildman–Crippen LogP) is 24.6. The first kappa shape index (κ1) is 60.0. The normalized spacial score (nSPS) is 13.5. The molecule has 0 spiro atoms. The summed E-state index contributed by atoms with van der Waals surface area (Å²) in [6.45, 7) is 13.8.